The van der Waals surface area contributed by atoms with Crippen LogP contribution in [0, 0.1) is 5.92 Å². The number of rotatable bonds is 6. The molecule has 0 spiro atoms. The van der Waals surface area contributed by atoms with E-state index in [4.69, 9.17) is 9.47 Å². The summed E-state index contributed by atoms with van der Waals surface area (Å²) in [6.45, 7) is 6.06. The van der Waals surface area contributed by atoms with Crippen LogP contribution in [-0.2, 0) is 4.79 Å². The summed E-state index contributed by atoms with van der Waals surface area (Å²) < 4.78 is 11.4. The third-order valence-corrected chi connectivity index (χ3v) is 5.98. The van der Waals surface area contributed by atoms with Crippen LogP contribution in [0.4, 0.5) is 0 Å². The van der Waals surface area contributed by atoms with Crippen molar-refractivity contribution in [3.05, 3.63) is 23.8 Å². The van der Waals surface area contributed by atoms with Gasteiger partial charge in [-0.15, -0.1) is 0 Å². The molecule has 0 saturated heterocycles. The monoisotopic (exact) mass is 360 g/mol. The molecular weight excluding hydrogens is 328 g/mol. The maximum Gasteiger partial charge on any atom is 0.227 e. The van der Waals surface area contributed by atoms with Crippen LogP contribution in [0.3, 0.4) is 0 Å². The van der Waals surface area contributed by atoms with E-state index >= 15 is 0 Å². The first-order valence-corrected chi connectivity index (χ1v) is 9.73. The lowest BCUT2D eigenvalue weighted by molar-refractivity contribution is -0.124. The Morgan fingerprint density at radius 3 is 2.50 bits per heavy atom. The molecule has 1 unspecified atom stereocenters. The maximum absolute atomic E-state index is 13.2. The van der Waals surface area contributed by atoms with Gasteiger partial charge in [-0.1, -0.05) is 18.9 Å². The molecule has 1 atom stereocenters. The highest BCUT2D eigenvalue weighted by Crippen LogP contribution is 2.40. The van der Waals surface area contributed by atoms with Crippen LogP contribution in [0.5, 0.6) is 11.5 Å². The third-order valence-electron chi connectivity index (χ3n) is 5.98. The molecule has 1 aromatic carbocycles. The Labute approximate surface area is 157 Å². The molecule has 1 amide bonds. The third kappa shape index (κ3) is 4.14. The van der Waals surface area contributed by atoms with Gasteiger partial charge in [-0.25, -0.2) is 0 Å². The molecule has 26 heavy (non-hydrogen) atoms. The fourth-order valence-corrected chi connectivity index (χ4v) is 3.75. The molecule has 1 aliphatic heterocycles. The highest BCUT2D eigenvalue weighted by Gasteiger charge is 2.34. The molecule has 1 aromatic rings. The first-order chi connectivity index (χ1) is 12.4. The van der Waals surface area contributed by atoms with Gasteiger partial charge in [0.15, 0.2) is 11.5 Å². The van der Waals surface area contributed by atoms with E-state index in [1.807, 2.05) is 32.3 Å². The van der Waals surface area contributed by atoms with Crippen molar-refractivity contribution in [2.24, 2.45) is 5.92 Å². The summed E-state index contributed by atoms with van der Waals surface area (Å²) in [6, 6.07) is 5.99. The smallest absolute Gasteiger partial charge is 0.227 e. The highest BCUT2D eigenvalue weighted by molar-refractivity contribution is 5.84. The number of nitrogens with one attached hydrogen (secondary N) is 1. The Bertz CT molecular complexity index is 636. The van der Waals surface area contributed by atoms with E-state index in [2.05, 4.69) is 24.1 Å². The van der Waals surface area contributed by atoms with E-state index in [1.54, 1.807) is 0 Å². The zero-order valence-corrected chi connectivity index (χ0v) is 16.5. The van der Waals surface area contributed by atoms with Gasteiger partial charge in [0.1, 0.15) is 13.2 Å². The number of carbonyl (C=O) groups is 1. The maximum atomic E-state index is 13.2. The van der Waals surface area contributed by atoms with Crippen molar-refractivity contribution >= 4 is 5.91 Å². The van der Waals surface area contributed by atoms with E-state index in [-0.39, 0.29) is 17.4 Å². The molecule has 1 N–H and O–H groups in total. The number of carbonyl (C=O) groups excluding carboxylic acids is 1. The molecule has 3 rings (SSSR count). The minimum absolute atomic E-state index is 0.0807. The number of ether oxygens (including phenoxy) is 2. The minimum Gasteiger partial charge on any atom is -0.486 e. The average molecular weight is 360 g/mol. The number of nitrogens with zero attached hydrogens (tertiary/aromatic N) is 1. The largest absolute Gasteiger partial charge is 0.486 e. The molecule has 5 nitrogen and oxygen atoms in total. The van der Waals surface area contributed by atoms with Crippen molar-refractivity contribution in [3.63, 3.8) is 0 Å². The molecule has 0 bridgehead atoms. The molecular formula is C21H32N2O3. The molecule has 1 heterocycles. The van der Waals surface area contributed by atoms with Crippen LogP contribution in [0.15, 0.2) is 18.2 Å². The molecule has 144 valence electrons. The zero-order valence-electron chi connectivity index (χ0n) is 16.5. The number of benzene rings is 1. The van der Waals surface area contributed by atoms with E-state index in [0.29, 0.717) is 25.7 Å². The molecule has 1 fully saturated rings. The molecule has 0 radical (unpaired) electrons. The van der Waals surface area contributed by atoms with E-state index in [0.717, 1.165) is 29.9 Å². The minimum atomic E-state index is -0.119. The summed E-state index contributed by atoms with van der Waals surface area (Å²) in [6.07, 6.45) is 4.65. The highest BCUT2D eigenvalue weighted by atomic mass is 16.6. The van der Waals surface area contributed by atoms with Crippen molar-refractivity contribution in [3.8, 4) is 11.5 Å². The normalized spacial score (nSPS) is 18.8. The number of likely N-dealkylation sites (N-methyl/N-ethyl adjacent to an activating group) is 1. The van der Waals surface area contributed by atoms with E-state index < -0.39 is 0 Å². The Morgan fingerprint density at radius 2 is 1.85 bits per heavy atom. The van der Waals surface area contributed by atoms with Crippen molar-refractivity contribution in [1.29, 1.82) is 0 Å². The number of hydrogen-bond acceptors (Lipinski definition) is 4. The topological polar surface area (TPSA) is 50.8 Å². The Balaban J connectivity index is 1.80. The van der Waals surface area contributed by atoms with Gasteiger partial charge in [0.25, 0.3) is 0 Å². The first-order valence-electron chi connectivity index (χ1n) is 9.73. The second-order valence-electron chi connectivity index (χ2n) is 8.35. The van der Waals surface area contributed by atoms with Crippen LogP contribution in [-0.4, -0.2) is 50.2 Å². The van der Waals surface area contributed by atoms with Crippen LogP contribution in [0.2, 0.25) is 0 Å². The lowest BCUT2D eigenvalue weighted by atomic mass is 9.83. The fourth-order valence-electron chi connectivity index (χ4n) is 3.75. The van der Waals surface area contributed by atoms with Crippen molar-refractivity contribution in [2.75, 3.05) is 33.9 Å². The van der Waals surface area contributed by atoms with Crippen molar-refractivity contribution < 1.29 is 14.3 Å². The molecule has 0 aromatic heterocycles. The lowest BCUT2D eigenvalue weighted by Crippen LogP contribution is -2.49. The predicted molar refractivity (Wildman–Crippen MR) is 103 cm³/mol. The standard InChI is InChI=1S/C21H32N2O3/c1-21(2,23(3)4)14-22-20(24)19(15-7-5-6-8-15)16-9-10-17-18(13-16)26-12-11-25-17/h9-10,13,15,19H,5-8,11-12,14H2,1-4H3,(H,22,24). The molecule has 5 heteroatoms. The van der Waals surface area contributed by atoms with Crippen LogP contribution in [0.1, 0.15) is 51.0 Å². The van der Waals surface area contributed by atoms with Crippen LogP contribution in [0.25, 0.3) is 0 Å². The van der Waals surface area contributed by atoms with Gasteiger partial charge in [0, 0.05) is 12.1 Å². The van der Waals surface area contributed by atoms with Gasteiger partial charge in [-0.05, 0) is 64.4 Å². The van der Waals surface area contributed by atoms with Crippen molar-refractivity contribution in [2.45, 2.75) is 51.0 Å². The zero-order chi connectivity index (χ0) is 18.7. The summed E-state index contributed by atoms with van der Waals surface area (Å²) in [7, 11) is 4.09. The summed E-state index contributed by atoms with van der Waals surface area (Å²) in [5, 5.41) is 3.21. The molecule has 1 saturated carbocycles. The van der Waals surface area contributed by atoms with Gasteiger partial charge in [0.2, 0.25) is 5.91 Å². The Kier molecular flexibility index (Phi) is 5.76. The van der Waals surface area contributed by atoms with Gasteiger partial charge >= 0.3 is 0 Å². The Morgan fingerprint density at radius 1 is 1.19 bits per heavy atom. The molecule has 1 aliphatic carbocycles. The van der Waals surface area contributed by atoms with E-state index in [1.165, 1.54) is 12.8 Å². The van der Waals surface area contributed by atoms with Crippen LogP contribution >= 0.6 is 0 Å². The van der Waals surface area contributed by atoms with Gasteiger partial charge in [0.05, 0.1) is 5.92 Å². The second-order valence-corrected chi connectivity index (χ2v) is 8.35. The van der Waals surface area contributed by atoms with Crippen LogP contribution < -0.4 is 14.8 Å². The number of amides is 1. The number of hydrogen-bond donors (Lipinski definition) is 1. The van der Waals surface area contributed by atoms with E-state index in [9.17, 15) is 4.79 Å². The summed E-state index contributed by atoms with van der Waals surface area (Å²) in [5.41, 5.74) is 0.962. The Hall–Kier alpha value is -1.75. The first kappa shape index (κ1) is 19.0. The van der Waals surface area contributed by atoms with Gasteiger partial charge in [-0.2, -0.15) is 0 Å². The van der Waals surface area contributed by atoms with Crippen molar-refractivity contribution in [1.82, 2.24) is 10.2 Å². The predicted octanol–water partition coefficient (Wildman–Crippen LogP) is 3.19. The summed E-state index contributed by atoms with van der Waals surface area (Å²) >= 11 is 0. The lowest BCUT2D eigenvalue weighted by Gasteiger charge is -2.34. The summed E-state index contributed by atoms with van der Waals surface area (Å²) in [5.74, 6) is 1.95. The molecule has 2 aliphatic rings. The number of fused-ring (bicyclic) bond motifs is 1. The average Bonchev–Trinajstić information content (AvgIpc) is 3.14. The van der Waals surface area contributed by atoms with Gasteiger partial charge in [-0.3, -0.25) is 4.79 Å². The second kappa shape index (κ2) is 7.87. The summed E-state index contributed by atoms with van der Waals surface area (Å²) in [4.78, 5) is 15.3. The fraction of sp³-hybridized carbons (Fsp3) is 0.667. The SMILES string of the molecule is CN(C)C(C)(C)CNC(=O)C(c1ccc2c(c1)OCCO2)C1CCCC1. The quantitative estimate of drug-likeness (QED) is 0.846. The van der Waals surface area contributed by atoms with Gasteiger partial charge < -0.3 is 19.7 Å².